The van der Waals surface area contributed by atoms with E-state index in [0.29, 0.717) is 25.0 Å². The zero-order chi connectivity index (χ0) is 13.5. The molecule has 1 N–H and O–H groups in total. The van der Waals surface area contributed by atoms with E-state index >= 15 is 0 Å². The third-order valence-electron chi connectivity index (χ3n) is 2.99. The highest BCUT2D eigenvalue weighted by molar-refractivity contribution is 5.45. The first-order chi connectivity index (χ1) is 9.27. The number of para-hydroxylation sites is 2. The Morgan fingerprint density at radius 2 is 2.32 bits per heavy atom. The molecule has 2 rings (SSSR count). The summed E-state index contributed by atoms with van der Waals surface area (Å²) in [6, 6.07) is 6.40. The van der Waals surface area contributed by atoms with Gasteiger partial charge in [0.15, 0.2) is 5.75 Å². The van der Waals surface area contributed by atoms with Crippen molar-refractivity contribution < 1.29 is 14.4 Å². The summed E-state index contributed by atoms with van der Waals surface area (Å²) in [5.74, 6) is 0.311. The molecule has 0 saturated carbocycles. The normalized spacial score (nSPS) is 18.4. The van der Waals surface area contributed by atoms with E-state index in [2.05, 4.69) is 5.32 Å². The molecule has 1 aromatic carbocycles. The Morgan fingerprint density at radius 1 is 1.47 bits per heavy atom. The van der Waals surface area contributed by atoms with Gasteiger partial charge in [0, 0.05) is 25.8 Å². The van der Waals surface area contributed by atoms with Crippen LogP contribution < -0.4 is 10.1 Å². The first kappa shape index (κ1) is 13.8. The molecule has 0 aromatic heterocycles. The van der Waals surface area contributed by atoms with Crippen LogP contribution in [0.4, 0.5) is 5.69 Å². The number of benzene rings is 1. The Bertz CT molecular complexity index is 419. The Kier molecular flexibility index (Phi) is 5.11. The van der Waals surface area contributed by atoms with Gasteiger partial charge in [0.25, 0.3) is 0 Å². The van der Waals surface area contributed by atoms with Gasteiger partial charge in [0.05, 0.1) is 11.0 Å². The first-order valence-corrected chi connectivity index (χ1v) is 6.46. The first-order valence-electron chi connectivity index (χ1n) is 6.46. The summed E-state index contributed by atoms with van der Waals surface area (Å²) in [6.07, 6.45) is 2.52. The highest BCUT2D eigenvalue weighted by atomic mass is 16.6. The van der Waals surface area contributed by atoms with Crippen LogP contribution in [-0.4, -0.2) is 37.3 Å². The summed E-state index contributed by atoms with van der Waals surface area (Å²) in [4.78, 5) is 10.3. The van der Waals surface area contributed by atoms with Gasteiger partial charge in [0.2, 0.25) is 0 Å². The largest absolute Gasteiger partial charge is 0.485 e. The van der Waals surface area contributed by atoms with Gasteiger partial charge in [-0.15, -0.1) is 0 Å². The molecule has 0 unspecified atom stereocenters. The van der Waals surface area contributed by atoms with E-state index in [9.17, 15) is 10.1 Å². The van der Waals surface area contributed by atoms with Crippen molar-refractivity contribution in [3.63, 3.8) is 0 Å². The molecule has 1 aromatic rings. The third kappa shape index (κ3) is 4.18. The number of nitro groups is 1. The number of nitrogens with one attached hydrogen (secondary N) is 1. The van der Waals surface area contributed by atoms with Crippen molar-refractivity contribution in [1.82, 2.24) is 5.32 Å². The van der Waals surface area contributed by atoms with Gasteiger partial charge in [-0.3, -0.25) is 10.1 Å². The van der Waals surface area contributed by atoms with E-state index < -0.39 is 4.92 Å². The lowest BCUT2D eigenvalue weighted by molar-refractivity contribution is -0.385. The average molecular weight is 266 g/mol. The number of hydrogen-bond donors (Lipinski definition) is 1. The number of nitrogens with zero attached hydrogens (tertiary/aromatic N) is 1. The molecule has 0 radical (unpaired) electrons. The van der Waals surface area contributed by atoms with E-state index in [1.54, 1.807) is 18.2 Å². The molecule has 1 aliphatic rings. The third-order valence-corrected chi connectivity index (χ3v) is 2.99. The van der Waals surface area contributed by atoms with Crippen LogP contribution in [0, 0.1) is 10.1 Å². The van der Waals surface area contributed by atoms with Crippen molar-refractivity contribution in [3.05, 3.63) is 34.4 Å². The van der Waals surface area contributed by atoms with Gasteiger partial charge in [-0.1, -0.05) is 12.1 Å². The average Bonchev–Trinajstić information content (AvgIpc) is 2.92. The van der Waals surface area contributed by atoms with E-state index in [1.807, 2.05) is 0 Å². The van der Waals surface area contributed by atoms with Crippen molar-refractivity contribution in [2.24, 2.45) is 0 Å². The lowest BCUT2D eigenvalue weighted by atomic mass is 10.2. The van der Waals surface area contributed by atoms with Crippen molar-refractivity contribution in [1.29, 1.82) is 0 Å². The lowest BCUT2D eigenvalue weighted by Gasteiger charge is -2.11. The summed E-state index contributed by atoms with van der Waals surface area (Å²) in [6.45, 7) is 2.70. The van der Waals surface area contributed by atoms with Crippen LogP contribution in [-0.2, 0) is 4.74 Å². The fraction of sp³-hybridized carbons (Fsp3) is 0.538. The quantitative estimate of drug-likeness (QED) is 0.462. The molecule has 1 heterocycles. The highest BCUT2D eigenvalue weighted by Crippen LogP contribution is 2.25. The Balaban J connectivity index is 1.69. The second-order valence-corrected chi connectivity index (χ2v) is 4.41. The number of ether oxygens (including phenoxy) is 2. The molecule has 0 aliphatic carbocycles. The smallest absolute Gasteiger partial charge is 0.310 e. The molecule has 1 atom stereocenters. The summed E-state index contributed by atoms with van der Waals surface area (Å²) < 4.78 is 10.9. The van der Waals surface area contributed by atoms with E-state index in [4.69, 9.17) is 9.47 Å². The van der Waals surface area contributed by atoms with Crippen LogP contribution in [0.15, 0.2) is 24.3 Å². The second kappa shape index (κ2) is 7.06. The van der Waals surface area contributed by atoms with Crippen LogP contribution in [0.1, 0.15) is 12.8 Å². The van der Waals surface area contributed by atoms with Gasteiger partial charge in [-0.05, 0) is 18.9 Å². The fourth-order valence-corrected chi connectivity index (χ4v) is 2.03. The van der Waals surface area contributed by atoms with E-state index in [1.165, 1.54) is 6.07 Å². The van der Waals surface area contributed by atoms with Crippen molar-refractivity contribution in [3.8, 4) is 5.75 Å². The minimum absolute atomic E-state index is 0.00151. The molecule has 1 fully saturated rings. The van der Waals surface area contributed by atoms with Crippen LogP contribution >= 0.6 is 0 Å². The monoisotopic (exact) mass is 266 g/mol. The molecule has 1 saturated heterocycles. The SMILES string of the molecule is O=[N+]([O-])c1ccccc1OCCNC[C@H]1CCCO1. The maximum absolute atomic E-state index is 10.8. The summed E-state index contributed by atoms with van der Waals surface area (Å²) in [7, 11) is 0. The van der Waals surface area contributed by atoms with Crippen LogP contribution in [0.5, 0.6) is 5.75 Å². The molecule has 0 amide bonds. The van der Waals surface area contributed by atoms with Crippen LogP contribution in [0.25, 0.3) is 0 Å². The Labute approximate surface area is 111 Å². The zero-order valence-electron chi connectivity index (χ0n) is 10.7. The molecule has 19 heavy (non-hydrogen) atoms. The number of hydrogen-bond acceptors (Lipinski definition) is 5. The van der Waals surface area contributed by atoms with Gasteiger partial charge in [-0.2, -0.15) is 0 Å². The van der Waals surface area contributed by atoms with E-state index in [0.717, 1.165) is 26.0 Å². The molecule has 6 heteroatoms. The van der Waals surface area contributed by atoms with E-state index in [-0.39, 0.29) is 5.69 Å². The molecular formula is C13H18N2O4. The number of nitro benzene ring substituents is 1. The van der Waals surface area contributed by atoms with Gasteiger partial charge in [0.1, 0.15) is 6.61 Å². The predicted octanol–water partition coefficient (Wildman–Crippen LogP) is 1.74. The summed E-state index contributed by atoms with van der Waals surface area (Å²) in [5.41, 5.74) is 0.00151. The molecular weight excluding hydrogens is 248 g/mol. The Morgan fingerprint density at radius 3 is 3.05 bits per heavy atom. The van der Waals surface area contributed by atoms with Crippen molar-refractivity contribution in [2.75, 3.05) is 26.3 Å². The van der Waals surface area contributed by atoms with Gasteiger partial charge >= 0.3 is 5.69 Å². The van der Waals surface area contributed by atoms with Crippen molar-refractivity contribution >= 4 is 5.69 Å². The minimum Gasteiger partial charge on any atom is -0.485 e. The fourth-order valence-electron chi connectivity index (χ4n) is 2.03. The lowest BCUT2D eigenvalue weighted by Crippen LogP contribution is -2.29. The highest BCUT2D eigenvalue weighted by Gasteiger charge is 2.15. The minimum atomic E-state index is -0.435. The topological polar surface area (TPSA) is 73.6 Å². The molecule has 104 valence electrons. The van der Waals surface area contributed by atoms with Gasteiger partial charge < -0.3 is 14.8 Å². The van der Waals surface area contributed by atoms with Crippen LogP contribution in [0.3, 0.4) is 0 Å². The van der Waals surface area contributed by atoms with Crippen molar-refractivity contribution in [2.45, 2.75) is 18.9 Å². The summed E-state index contributed by atoms with van der Waals surface area (Å²) >= 11 is 0. The molecule has 0 spiro atoms. The molecule has 0 bridgehead atoms. The summed E-state index contributed by atoms with van der Waals surface area (Å²) in [5, 5.41) is 14.0. The van der Waals surface area contributed by atoms with Gasteiger partial charge in [-0.25, -0.2) is 0 Å². The zero-order valence-corrected chi connectivity index (χ0v) is 10.7. The number of rotatable bonds is 7. The molecule has 1 aliphatic heterocycles. The Hall–Kier alpha value is -1.66. The second-order valence-electron chi connectivity index (χ2n) is 4.41. The van der Waals surface area contributed by atoms with Crippen LogP contribution in [0.2, 0.25) is 0 Å². The standard InChI is InChI=1S/C13H18N2O4/c16-15(17)12-5-1-2-6-13(12)19-9-7-14-10-11-4-3-8-18-11/h1-2,5-6,11,14H,3-4,7-10H2/t11-/m1/s1. The predicted molar refractivity (Wildman–Crippen MR) is 70.4 cm³/mol. The maximum atomic E-state index is 10.8. The maximum Gasteiger partial charge on any atom is 0.310 e. The molecule has 6 nitrogen and oxygen atoms in total.